The van der Waals surface area contributed by atoms with Gasteiger partial charge in [-0.05, 0) is 54.1 Å². The lowest BCUT2D eigenvalue weighted by Gasteiger charge is -2.17. The lowest BCUT2D eigenvalue weighted by atomic mass is 10.1. The molecule has 1 amide bonds. The second-order valence-electron chi connectivity index (χ2n) is 5.35. The Bertz CT molecular complexity index is 887. The number of aromatic nitrogens is 1. The summed E-state index contributed by atoms with van der Waals surface area (Å²) in [6.45, 7) is 0. The van der Waals surface area contributed by atoms with Crippen molar-refractivity contribution < 1.29 is 9.18 Å². The molecule has 132 valence electrons. The first-order valence-electron chi connectivity index (χ1n) is 7.61. The summed E-state index contributed by atoms with van der Waals surface area (Å²) in [5, 5.41) is 3.28. The van der Waals surface area contributed by atoms with Crippen LogP contribution in [0.3, 0.4) is 0 Å². The van der Waals surface area contributed by atoms with Crippen LogP contribution in [0.1, 0.15) is 10.8 Å². The van der Waals surface area contributed by atoms with Crippen LogP contribution in [0, 0.1) is 5.82 Å². The van der Waals surface area contributed by atoms with Crippen molar-refractivity contribution in [3.05, 3.63) is 88.3 Å². The summed E-state index contributed by atoms with van der Waals surface area (Å²) in [5.41, 5.74) is 0.773. The van der Waals surface area contributed by atoms with E-state index in [1.807, 2.05) is 0 Å². The molecule has 1 heterocycles. The summed E-state index contributed by atoms with van der Waals surface area (Å²) in [6, 6.07) is 16.3. The molecule has 0 aliphatic rings. The number of thioether (sulfide) groups is 1. The number of rotatable bonds is 5. The summed E-state index contributed by atoms with van der Waals surface area (Å²) in [4.78, 5) is 17.7. The summed E-state index contributed by atoms with van der Waals surface area (Å²) in [6.07, 6.45) is 1.46. The van der Waals surface area contributed by atoms with Crippen molar-refractivity contribution in [3.63, 3.8) is 0 Å². The van der Waals surface area contributed by atoms with Crippen LogP contribution in [0.25, 0.3) is 0 Å². The number of nitrogens with zero attached hydrogens (tertiary/aromatic N) is 1. The highest BCUT2D eigenvalue weighted by Crippen LogP contribution is 2.36. The lowest BCUT2D eigenvalue weighted by Crippen LogP contribution is -2.19. The van der Waals surface area contributed by atoms with Gasteiger partial charge in [0.2, 0.25) is 5.91 Å². The van der Waals surface area contributed by atoms with Crippen LogP contribution >= 0.6 is 35.0 Å². The minimum Gasteiger partial charge on any atom is -0.309 e. The van der Waals surface area contributed by atoms with Gasteiger partial charge in [-0.3, -0.25) is 4.79 Å². The molecule has 2 aromatic carbocycles. The third kappa shape index (κ3) is 4.97. The van der Waals surface area contributed by atoms with Gasteiger partial charge >= 0.3 is 0 Å². The lowest BCUT2D eigenvalue weighted by molar-refractivity contribution is -0.115. The third-order valence-corrected chi connectivity index (χ3v) is 5.20. The maximum Gasteiger partial charge on any atom is 0.243 e. The standard InChI is InChI=1S/C19H13Cl2FN2OS/c20-13-3-1-12(2-4-13)18(26-16-8-6-15(22)7-9-16)19(25)24-17-10-5-14(21)11-23-17/h1-11,18H,(H,23,24,25). The Balaban J connectivity index is 1.85. The van der Waals surface area contributed by atoms with Crippen molar-refractivity contribution >= 4 is 46.7 Å². The van der Waals surface area contributed by atoms with Gasteiger partial charge in [-0.15, -0.1) is 11.8 Å². The Labute approximate surface area is 164 Å². The fraction of sp³-hybridized carbons (Fsp3) is 0.0526. The van der Waals surface area contributed by atoms with E-state index >= 15 is 0 Å². The number of carbonyl (C=O) groups excluding carboxylic acids is 1. The van der Waals surface area contributed by atoms with Crippen molar-refractivity contribution in [1.82, 2.24) is 4.98 Å². The zero-order chi connectivity index (χ0) is 18.5. The molecule has 1 aromatic heterocycles. The first kappa shape index (κ1) is 18.7. The molecule has 26 heavy (non-hydrogen) atoms. The molecule has 0 aliphatic carbocycles. The van der Waals surface area contributed by atoms with E-state index in [1.54, 1.807) is 48.5 Å². The number of amides is 1. The van der Waals surface area contributed by atoms with Gasteiger partial charge in [-0.2, -0.15) is 0 Å². The fourth-order valence-electron chi connectivity index (χ4n) is 2.20. The molecule has 3 rings (SSSR count). The molecule has 1 atom stereocenters. The van der Waals surface area contributed by atoms with Crippen molar-refractivity contribution in [2.75, 3.05) is 5.32 Å². The largest absolute Gasteiger partial charge is 0.309 e. The van der Waals surface area contributed by atoms with E-state index < -0.39 is 5.25 Å². The molecular formula is C19H13Cl2FN2OS. The van der Waals surface area contributed by atoms with E-state index in [0.717, 1.165) is 10.5 Å². The maximum absolute atomic E-state index is 13.1. The average molecular weight is 407 g/mol. The number of carbonyl (C=O) groups is 1. The number of benzene rings is 2. The molecule has 7 heteroatoms. The Kier molecular flexibility index (Phi) is 6.14. The fourth-order valence-corrected chi connectivity index (χ4v) is 3.46. The van der Waals surface area contributed by atoms with Crippen LogP contribution in [0.2, 0.25) is 10.0 Å². The summed E-state index contributed by atoms with van der Waals surface area (Å²) < 4.78 is 13.1. The van der Waals surface area contributed by atoms with Crippen molar-refractivity contribution in [3.8, 4) is 0 Å². The molecular weight excluding hydrogens is 394 g/mol. The monoisotopic (exact) mass is 406 g/mol. The molecule has 1 N–H and O–H groups in total. The minimum absolute atomic E-state index is 0.253. The highest BCUT2D eigenvalue weighted by Gasteiger charge is 2.22. The zero-order valence-corrected chi connectivity index (χ0v) is 15.7. The van der Waals surface area contributed by atoms with Gasteiger partial charge in [0, 0.05) is 16.1 Å². The van der Waals surface area contributed by atoms with E-state index in [0.29, 0.717) is 15.9 Å². The third-order valence-electron chi connectivity index (χ3n) is 3.46. The van der Waals surface area contributed by atoms with E-state index in [1.165, 1.54) is 30.1 Å². The van der Waals surface area contributed by atoms with Gasteiger partial charge in [0.25, 0.3) is 0 Å². The topological polar surface area (TPSA) is 42.0 Å². The highest BCUT2D eigenvalue weighted by atomic mass is 35.5. The van der Waals surface area contributed by atoms with Crippen LogP contribution in [0.15, 0.2) is 71.8 Å². The zero-order valence-electron chi connectivity index (χ0n) is 13.3. The van der Waals surface area contributed by atoms with Crippen molar-refractivity contribution in [2.24, 2.45) is 0 Å². The second kappa shape index (κ2) is 8.54. The van der Waals surface area contributed by atoms with Gasteiger partial charge in [0.1, 0.15) is 16.9 Å². The maximum atomic E-state index is 13.1. The Hall–Kier alpha value is -2.08. The quantitative estimate of drug-likeness (QED) is 0.528. The van der Waals surface area contributed by atoms with Crippen molar-refractivity contribution in [1.29, 1.82) is 0 Å². The van der Waals surface area contributed by atoms with Gasteiger partial charge < -0.3 is 5.32 Å². The Morgan fingerprint density at radius 3 is 2.23 bits per heavy atom. The molecule has 3 aromatic rings. The van der Waals surface area contributed by atoms with E-state index in [2.05, 4.69) is 10.3 Å². The molecule has 0 spiro atoms. The molecule has 0 saturated heterocycles. The number of hydrogen-bond donors (Lipinski definition) is 1. The SMILES string of the molecule is O=C(Nc1ccc(Cl)cn1)C(Sc1ccc(F)cc1)c1ccc(Cl)cc1. The van der Waals surface area contributed by atoms with Gasteiger partial charge in [-0.25, -0.2) is 9.37 Å². The summed E-state index contributed by atoms with van der Waals surface area (Å²) in [7, 11) is 0. The minimum atomic E-state index is -0.560. The number of nitrogens with one attached hydrogen (secondary N) is 1. The van der Waals surface area contributed by atoms with Gasteiger partial charge in [0.05, 0.1) is 5.02 Å². The van der Waals surface area contributed by atoms with Crippen molar-refractivity contribution in [2.45, 2.75) is 10.1 Å². The van der Waals surface area contributed by atoms with Crippen LogP contribution in [-0.2, 0) is 4.79 Å². The molecule has 0 radical (unpaired) electrons. The van der Waals surface area contributed by atoms with E-state index in [9.17, 15) is 9.18 Å². The molecule has 3 nitrogen and oxygen atoms in total. The molecule has 0 bridgehead atoms. The smallest absolute Gasteiger partial charge is 0.243 e. The number of pyridine rings is 1. The highest BCUT2D eigenvalue weighted by molar-refractivity contribution is 8.00. The van der Waals surface area contributed by atoms with E-state index in [-0.39, 0.29) is 11.7 Å². The predicted molar refractivity (Wildman–Crippen MR) is 104 cm³/mol. The molecule has 0 fully saturated rings. The number of halogens is 3. The van der Waals surface area contributed by atoms with Crippen LogP contribution < -0.4 is 5.32 Å². The average Bonchev–Trinajstić information content (AvgIpc) is 2.64. The summed E-state index contributed by atoms with van der Waals surface area (Å²) >= 11 is 13.1. The van der Waals surface area contributed by atoms with Gasteiger partial charge in [0.15, 0.2) is 0 Å². The second-order valence-corrected chi connectivity index (χ2v) is 7.41. The van der Waals surface area contributed by atoms with Gasteiger partial charge in [-0.1, -0.05) is 35.3 Å². The Morgan fingerprint density at radius 2 is 1.62 bits per heavy atom. The predicted octanol–water partition coefficient (Wildman–Crippen LogP) is 6.00. The first-order chi connectivity index (χ1) is 12.5. The normalized spacial score (nSPS) is 11.8. The molecule has 0 saturated carbocycles. The first-order valence-corrected chi connectivity index (χ1v) is 9.25. The molecule has 1 unspecified atom stereocenters. The number of anilines is 1. The molecule has 0 aliphatic heterocycles. The van der Waals surface area contributed by atoms with Crippen LogP contribution in [0.4, 0.5) is 10.2 Å². The van der Waals surface area contributed by atoms with Crippen LogP contribution in [0.5, 0.6) is 0 Å². The Morgan fingerprint density at radius 1 is 0.962 bits per heavy atom. The van der Waals surface area contributed by atoms with E-state index in [4.69, 9.17) is 23.2 Å². The summed E-state index contributed by atoms with van der Waals surface area (Å²) in [5.74, 6) is -0.179. The van der Waals surface area contributed by atoms with Crippen LogP contribution in [-0.4, -0.2) is 10.9 Å². The number of hydrogen-bond acceptors (Lipinski definition) is 3.